The number of carbonyl (C=O) groups is 1. The fourth-order valence-electron chi connectivity index (χ4n) is 2.81. The van der Waals surface area contributed by atoms with Gasteiger partial charge in [-0.25, -0.2) is 0 Å². The molecule has 0 saturated carbocycles. The minimum absolute atomic E-state index is 0.149. The number of rotatable bonds is 8. The van der Waals surface area contributed by atoms with Crippen molar-refractivity contribution in [3.05, 3.63) is 36.4 Å². The molecule has 0 aliphatic carbocycles. The maximum atomic E-state index is 11.6. The Kier molecular flexibility index (Phi) is 5.87. The van der Waals surface area contributed by atoms with Gasteiger partial charge in [-0.1, -0.05) is 32.4 Å². The molecule has 1 aromatic carbocycles. The molecular weight excluding hydrogens is 280 g/mol. The Bertz CT molecular complexity index is 524. The molecule has 0 radical (unpaired) electrons. The quantitative estimate of drug-likeness (QED) is 0.540. The van der Waals surface area contributed by atoms with E-state index < -0.39 is 0 Å². The van der Waals surface area contributed by atoms with Crippen molar-refractivity contribution in [2.75, 3.05) is 13.7 Å². The second kappa shape index (κ2) is 7.87. The molecule has 22 heavy (non-hydrogen) atoms. The van der Waals surface area contributed by atoms with E-state index in [0.717, 1.165) is 36.3 Å². The number of fused-ring (bicyclic) bond motifs is 1. The van der Waals surface area contributed by atoms with Crippen molar-refractivity contribution in [3.8, 4) is 11.5 Å². The van der Waals surface area contributed by atoms with E-state index in [2.05, 4.69) is 13.5 Å². The Hall–Kier alpha value is -1.97. The number of unbranched alkanes of at least 4 members (excludes halogenated alkanes) is 1. The Morgan fingerprint density at radius 1 is 1.45 bits per heavy atom. The molecule has 1 aliphatic rings. The average molecular weight is 304 g/mol. The SMILES string of the molecule is C=CCOc1ccc2c(c1)[C@H](CCCC)[C@@H](CC(=O)OC)O2. The zero-order valence-electron chi connectivity index (χ0n) is 13.3. The number of methoxy groups -OCH3 is 1. The number of hydrogen-bond donors (Lipinski definition) is 0. The van der Waals surface area contributed by atoms with Gasteiger partial charge in [-0.3, -0.25) is 4.79 Å². The van der Waals surface area contributed by atoms with Crippen LogP contribution in [0.4, 0.5) is 0 Å². The van der Waals surface area contributed by atoms with E-state index >= 15 is 0 Å². The van der Waals surface area contributed by atoms with Gasteiger partial charge in [0.15, 0.2) is 0 Å². The minimum atomic E-state index is -0.234. The van der Waals surface area contributed by atoms with Gasteiger partial charge in [-0.05, 0) is 24.6 Å². The summed E-state index contributed by atoms with van der Waals surface area (Å²) >= 11 is 0. The van der Waals surface area contributed by atoms with E-state index in [-0.39, 0.29) is 24.4 Å². The van der Waals surface area contributed by atoms with E-state index in [9.17, 15) is 4.79 Å². The van der Waals surface area contributed by atoms with Crippen LogP contribution in [0.3, 0.4) is 0 Å². The van der Waals surface area contributed by atoms with Crippen molar-refractivity contribution >= 4 is 5.97 Å². The van der Waals surface area contributed by atoms with E-state index in [1.807, 2.05) is 18.2 Å². The molecule has 0 aromatic heterocycles. The van der Waals surface area contributed by atoms with E-state index in [1.165, 1.54) is 7.11 Å². The van der Waals surface area contributed by atoms with E-state index in [4.69, 9.17) is 14.2 Å². The van der Waals surface area contributed by atoms with Crippen molar-refractivity contribution in [2.45, 2.75) is 44.6 Å². The van der Waals surface area contributed by atoms with Gasteiger partial charge in [0.25, 0.3) is 0 Å². The van der Waals surface area contributed by atoms with Crippen LogP contribution in [0.25, 0.3) is 0 Å². The molecule has 2 atom stereocenters. The number of carbonyl (C=O) groups excluding carboxylic acids is 1. The lowest BCUT2D eigenvalue weighted by Crippen LogP contribution is -2.23. The van der Waals surface area contributed by atoms with Crippen molar-refractivity contribution < 1.29 is 19.0 Å². The number of ether oxygens (including phenoxy) is 3. The van der Waals surface area contributed by atoms with Gasteiger partial charge in [0, 0.05) is 11.5 Å². The number of esters is 1. The largest absolute Gasteiger partial charge is 0.490 e. The van der Waals surface area contributed by atoms with Gasteiger partial charge in [-0.2, -0.15) is 0 Å². The van der Waals surface area contributed by atoms with Gasteiger partial charge >= 0.3 is 5.97 Å². The summed E-state index contributed by atoms with van der Waals surface area (Å²) in [5, 5.41) is 0. The Morgan fingerprint density at radius 2 is 2.27 bits per heavy atom. The molecule has 0 spiro atoms. The summed E-state index contributed by atoms with van der Waals surface area (Å²) in [5.41, 5.74) is 1.13. The van der Waals surface area contributed by atoms with Crippen LogP contribution in [-0.2, 0) is 9.53 Å². The molecule has 4 heteroatoms. The molecule has 0 unspecified atom stereocenters. The summed E-state index contributed by atoms with van der Waals surface area (Å²) in [4.78, 5) is 11.6. The van der Waals surface area contributed by atoms with Crippen LogP contribution in [0, 0.1) is 0 Å². The second-order valence-corrected chi connectivity index (χ2v) is 5.48. The summed E-state index contributed by atoms with van der Waals surface area (Å²) in [5.74, 6) is 1.63. The fraction of sp³-hybridized carbons (Fsp3) is 0.500. The molecule has 0 fully saturated rings. The van der Waals surface area contributed by atoms with Crippen molar-refractivity contribution in [1.82, 2.24) is 0 Å². The third kappa shape index (κ3) is 3.81. The van der Waals surface area contributed by atoms with Crippen LogP contribution in [0.15, 0.2) is 30.9 Å². The third-order valence-electron chi connectivity index (χ3n) is 3.94. The smallest absolute Gasteiger partial charge is 0.309 e. The lowest BCUT2D eigenvalue weighted by Gasteiger charge is -2.18. The molecule has 120 valence electrons. The molecule has 0 N–H and O–H groups in total. The maximum Gasteiger partial charge on any atom is 0.309 e. The predicted molar refractivity (Wildman–Crippen MR) is 85.4 cm³/mol. The van der Waals surface area contributed by atoms with Gasteiger partial charge in [0.2, 0.25) is 0 Å². The number of benzene rings is 1. The summed E-state index contributed by atoms with van der Waals surface area (Å²) in [6.45, 7) is 6.30. The normalized spacial score (nSPS) is 19.2. The highest BCUT2D eigenvalue weighted by Gasteiger charge is 2.35. The van der Waals surface area contributed by atoms with Crippen LogP contribution in [-0.4, -0.2) is 25.8 Å². The summed E-state index contributed by atoms with van der Waals surface area (Å²) < 4.78 is 16.4. The molecule has 0 saturated heterocycles. The highest BCUT2D eigenvalue weighted by molar-refractivity contribution is 5.70. The molecule has 0 bridgehead atoms. The molecule has 4 nitrogen and oxygen atoms in total. The van der Waals surface area contributed by atoms with Crippen molar-refractivity contribution in [1.29, 1.82) is 0 Å². The van der Waals surface area contributed by atoms with Gasteiger partial charge in [0.05, 0.1) is 13.5 Å². The van der Waals surface area contributed by atoms with Crippen molar-refractivity contribution in [2.24, 2.45) is 0 Å². The lowest BCUT2D eigenvalue weighted by molar-refractivity contribution is -0.142. The summed E-state index contributed by atoms with van der Waals surface area (Å²) in [7, 11) is 1.41. The average Bonchev–Trinajstić information content (AvgIpc) is 2.87. The van der Waals surface area contributed by atoms with Gasteiger partial charge < -0.3 is 14.2 Å². The summed E-state index contributed by atoms with van der Waals surface area (Å²) in [6, 6.07) is 5.83. The van der Waals surface area contributed by atoms with Crippen LogP contribution in [0.2, 0.25) is 0 Å². The highest BCUT2D eigenvalue weighted by atomic mass is 16.5. The second-order valence-electron chi connectivity index (χ2n) is 5.48. The lowest BCUT2D eigenvalue weighted by atomic mass is 9.89. The first kappa shape index (κ1) is 16.4. The predicted octanol–water partition coefficient (Wildman–Crippen LogP) is 3.85. The molecule has 2 rings (SSSR count). The zero-order valence-corrected chi connectivity index (χ0v) is 13.3. The fourth-order valence-corrected chi connectivity index (χ4v) is 2.81. The first-order chi connectivity index (χ1) is 10.7. The topological polar surface area (TPSA) is 44.8 Å². The van der Waals surface area contributed by atoms with E-state index in [0.29, 0.717) is 6.61 Å². The van der Waals surface area contributed by atoms with Crippen LogP contribution >= 0.6 is 0 Å². The van der Waals surface area contributed by atoms with Crippen LogP contribution < -0.4 is 9.47 Å². The molecule has 1 heterocycles. The molecule has 1 aliphatic heterocycles. The first-order valence-corrected chi connectivity index (χ1v) is 7.80. The van der Waals surface area contributed by atoms with Crippen LogP contribution in [0.5, 0.6) is 11.5 Å². The monoisotopic (exact) mass is 304 g/mol. The third-order valence-corrected chi connectivity index (χ3v) is 3.94. The van der Waals surface area contributed by atoms with E-state index in [1.54, 1.807) is 6.08 Å². The zero-order chi connectivity index (χ0) is 15.9. The molecule has 1 aromatic rings. The Balaban J connectivity index is 2.19. The Morgan fingerprint density at radius 3 is 2.95 bits per heavy atom. The molecular formula is C18H24O4. The van der Waals surface area contributed by atoms with Gasteiger partial charge in [0.1, 0.15) is 24.2 Å². The first-order valence-electron chi connectivity index (χ1n) is 7.80. The summed E-state index contributed by atoms with van der Waals surface area (Å²) in [6.07, 6.45) is 5.06. The van der Waals surface area contributed by atoms with Gasteiger partial charge in [-0.15, -0.1) is 0 Å². The van der Waals surface area contributed by atoms with Crippen LogP contribution in [0.1, 0.15) is 44.1 Å². The highest BCUT2D eigenvalue weighted by Crippen LogP contribution is 2.44. The number of hydrogen-bond acceptors (Lipinski definition) is 4. The Labute approximate surface area is 132 Å². The van der Waals surface area contributed by atoms with Crippen molar-refractivity contribution in [3.63, 3.8) is 0 Å². The minimum Gasteiger partial charge on any atom is -0.490 e. The standard InChI is InChI=1S/C18H24O4/c1-4-6-7-14-15-11-13(21-10-5-2)8-9-16(15)22-17(14)12-18(19)20-3/h5,8-9,11,14,17H,2,4,6-7,10,12H2,1,3H3/t14-,17+/m0/s1. The molecule has 0 amide bonds. The maximum absolute atomic E-state index is 11.6.